The zero-order valence-electron chi connectivity index (χ0n) is 11.7. The van der Waals surface area contributed by atoms with Gasteiger partial charge in [0.25, 0.3) is 5.56 Å². The maximum Gasteiger partial charge on any atom is 0.264 e. The molecular formula is C14H18N6O. The Morgan fingerprint density at radius 1 is 1.33 bits per heavy atom. The minimum atomic E-state index is -0.175. The Labute approximate surface area is 122 Å². The molecule has 0 amide bonds. The maximum atomic E-state index is 11.1. The first-order valence-corrected chi connectivity index (χ1v) is 7.15. The molecule has 2 aromatic rings. The second kappa shape index (κ2) is 6.34. The zero-order chi connectivity index (χ0) is 14.5. The number of hydrogen-bond acceptors (Lipinski definition) is 6. The Morgan fingerprint density at radius 3 is 3.05 bits per heavy atom. The number of aromatic nitrogens is 4. The van der Waals surface area contributed by atoms with Crippen LogP contribution in [0.5, 0.6) is 0 Å². The van der Waals surface area contributed by atoms with E-state index in [1.165, 1.54) is 18.8 Å². The van der Waals surface area contributed by atoms with Gasteiger partial charge in [-0.15, -0.1) is 0 Å². The summed E-state index contributed by atoms with van der Waals surface area (Å²) in [7, 11) is 0. The van der Waals surface area contributed by atoms with Crippen molar-refractivity contribution in [1.29, 1.82) is 0 Å². The van der Waals surface area contributed by atoms with E-state index in [1.807, 2.05) is 6.07 Å². The van der Waals surface area contributed by atoms with Gasteiger partial charge in [0, 0.05) is 31.4 Å². The van der Waals surface area contributed by atoms with Crippen molar-refractivity contribution in [2.45, 2.75) is 25.3 Å². The van der Waals surface area contributed by atoms with Gasteiger partial charge in [0.1, 0.15) is 18.0 Å². The van der Waals surface area contributed by atoms with Crippen LogP contribution in [0.1, 0.15) is 19.3 Å². The van der Waals surface area contributed by atoms with Gasteiger partial charge in [0.2, 0.25) is 0 Å². The third-order valence-electron chi connectivity index (χ3n) is 3.69. The number of nitrogens with zero attached hydrogens (tertiary/aromatic N) is 4. The number of aromatic amines is 1. The summed E-state index contributed by atoms with van der Waals surface area (Å²) in [6.45, 7) is 1.74. The lowest BCUT2D eigenvalue weighted by molar-refractivity contribution is 0.467. The van der Waals surface area contributed by atoms with Crippen LogP contribution in [0.25, 0.3) is 0 Å². The highest BCUT2D eigenvalue weighted by Crippen LogP contribution is 2.22. The van der Waals surface area contributed by atoms with Crippen molar-refractivity contribution >= 4 is 11.6 Å². The highest BCUT2D eigenvalue weighted by atomic mass is 16.1. The van der Waals surface area contributed by atoms with Crippen LogP contribution in [0.3, 0.4) is 0 Å². The van der Waals surface area contributed by atoms with Crippen molar-refractivity contribution in [2.75, 3.05) is 23.3 Å². The van der Waals surface area contributed by atoms with Crippen LogP contribution in [0.2, 0.25) is 0 Å². The maximum absolute atomic E-state index is 11.1. The molecule has 1 aliphatic heterocycles. The summed E-state index contributed by atoms with van der Waals surface area (Å²) in [5, 5.41) is 9.98. The van der Waals surface area contributed by atoms with Crippen molar-refractivity contribution in [3.8, 4) is 0 Å². The topological polar surface area (TPSA) is 86.8 Å². The summed E-state index contributed by atoms with van der Waals surface area (Å²) < 4.78 is 0. The molecule has 2 N–H and O–H groups in total. The number of anilines is 2. The first-order valence-electron chi connectivity index (χ1n) is 7.15. The van der Waals surface area contributed by atoms with Crippen molar-refractivity contribution in [1.82, 2.24) is 20.2 Å². The van der Waals surface area contributed by atoms with Gasteiger partial charge in [-0.2, -0.15) is 5.10 Å². The Balaban J connectivity index is 1.69. The van der Waals surface area contributed by atoms with Gasteiger partial charge in [-0.25, -0.2) is 15.1 Å². The zero-order valence-corrected chi connectivity index (χ0v) is 11.7. The number of nitrogens with one attached hydrogen (secondary N) is 2. The average Bonchev–Trinajstić information content (AvgIpc) is 2.55. The summed E-state index contributed by atoms with van der Waals surface area (Å²) in [5.74, 6) is 1.65. The standard InChI is InChI=1S/C14H18N6O/c21-14-5-4-13(18-19-14)20-8-2-1-3-11(20)9-16-12-6-7-15-10-17-12/h4-7,10-11H,1-3,8-9H2,(H,19,21)(H,15,16,17). The summed E-state index contributed by atoms with van der Waals surface area (Å²) >= 11 is 0. The predicted molar refractivity (Wildman–Crippen MR) is 80.4 cm³/mol. The summed E-state index contributed by atoms with van der Waals surface area (Å²) in [6.07, 6.45) is 6.70. The monoisotopic (exact) mass is 286 g/mol. The fraction of sp³-hybridized carbons (Fsp3) is 0.429. The van der Waals surface area contributed by atoms with E-state index in [1.54, 1.807) is 12.3 Å². The van der Waals surface area contributed by atoms with Crippen molar-refractivity contribution in [3.05, 3.63) is 41.1 Å². The molecule has 1 saturated heterocycles. The van der Waals surface area contributed by atoms with E-state index in [0.717, 1.165) is 37.6 Å². The number of rotatable bonds is 4. The molecule has 110 valence electrons. The molecule has 3 rings (SSSR count). The molecule has 1 aliphatic rings. The largest absolute Gasteiger partial charge is 0.368 e. The molecule has 0 aromatic carbocycles. The molecule has 1 unspecified atom stereocenters. The van der Waals surface area contributed by atoms with Crippen molar-refractivity contribution in [2.24, 2.45) is 0 Å². The van der Waals surface area contributed by atoms with E-state index in [2.05, 4.69) is 30.4 Å². The lowest BCUT2D eigenvalue weighted by atomic mass is 10.0. The molecule has 2 aromatic heterocycles. The van der Waals surface area contributed by atoms with Crippen LogP contribution in [-0.2, 0) is 0 Å². The molecular weight excluding hydrogens is 268 g/mol. The molecule has 1 fully saturated rings. The minimum absolute atomic E-state index is 0.175. The smallest absolute Gasteiger partial charge is 0.264 e. The highest BCUT2D eigenvalue weighted by Gasteiger charge is 2.23. The molecule has 3 heterocycles. The SMILES string of the molecule is O=c1ccc(N2CCCCC2CNc2ccncn2)n[nH]1. The fourth-order valence-corrected chi connectivity index (χ4v) is 2.63. The van der Waals surface area contributed by atoms with Gasteiger partial charge in [0.05, 0.1) is 0 Å². The Kier molecular flexibility index (Phi) is 4.09. The lowest BCUT2D eigenvalue weighted by Crippen LogP contribution is -2.44. The molecule has 7 nitrogen and oxygen atoms in total. The van der Waals surface area contributed by atoms with E-state index >= 15 is 0 Å². The van der Waals surface area contributed by atoms with Gasteiger partial charge < -0.3 is 10.2 Å². The second-order valence-electron chi connectivity index (χ2n) is 5.10. The predicted octanol–water partition coefficient (Wildman–Crippen LogP) is 1.03. The molecule has 0 aliphatic carbocycles. The fourth-order valence-electron chi connectivity index (χ4n) is 2.63. The van der Waals surface area contributed by atoms with Crippen LogP contribution in [0.15, 0.2) is 35.5 Å². The van der Waals surface area contributed by atoms with Crippen LogP contribution in [0, 0.1) is 0 Å². The van der Waals surface area contributed by atoms with Gasteiger partial charge in [-0.05, 0) is 31.4 Å². The van der Waals surface area contributed by atoms with E-state index in [0.29, 0.717) is 6.04 Å². The summed E-state index contributed by atoms with van der Waals surface area (Å²) in [6, 6.07) is 5.49. The number of H-pyrrole nitrogens is 1. The van der Waals surface area contributed by atoms with Gasteiger partial charge in [0.15, 0.2) is 0 Å². The Hall–Kier alpha value is -2.44. The van der Waals surface area contributed by atoms with E-state index in [9.17, 15) is 4.79 Å². The van der Waals surface area contributed by atoms with Crippen molar-refractivity contribution in [3.63, 3.8) is 0 Å². The Morgan fingerprint density at radius 2 is 2.29 bits per heavy atom. The highest BCUT2D eigenvalue weighted by molar-refractivity contribution is 5.40. The Bertz CT molecular complexity index is 608. The van der Waals surface area contributed by atoms with Gasteiger partial charge in [-0.1, -0.05) is 0 Å². The van der Waals surface area contributed by atoms with Gasteiger partial charge >= 0.3 is 0 Å². The van der Waals surface area contributed by atoms with Crippen LogP contribution in [0.4, 0.5) is 11.6 Å². The molecule has 0 bridgehead atoms. The summed E-state index contributed by atoms with van der Waals surface area (Å²) in [5.41, 5.74) is -0.175. The van der Waals surface area contributed by atoms with Gasteiger partial charge in [-0.3, -0.25) is 4.79 Å². The van der Waals surface area contributed by atoms with Crippen molar-refractivity contribution < 1.29 is 0 Å². The molecule has 1 atom stereocenters. The van der Waals surface area contributed by atoms with E-state index < -0.39 is 0 Å². The first-order chi connectivity index (χ1) is 10.3. The summed E-state index contributed by atoms with van der Waals surface area (Å²) in [4.78, 5) is 21.5. The van der Waals surface area contributed by atoms with E-state index in [4.69, 9.17) is 0 Å². The quantitative estimate of drug-likeness (QED) is 0.873. The number of hydrogen-bond donors (Lipinski definition) is 2. The van der Waals surface area contributed by atoms with Crippen LogP contribution < -0.4 is 15.8 Å². The third kappa shape index (κ3) is 3.36. The minimum Gasteiger partial charge on any atom is -0.368 e. The third-order valence-corrected chi connectivity index (χ3v) is 3.69. The van der Waals surface area contributed by atoms with E-state index in [-0.39, 0.29) is 5.56 Å². The molecule has 0 spiro atoms. The van der Waals surface area contributed by atoms with Crippen LogP contribution in [-0.4, -0.2) is 39.3 Å². The molecule has 7 heteroatoms. The normalized spacial score (nSPS) is 18.5. The average molecular weight is 286 g/mol. The second-order valence-corrected chi connectivity index (χ2v) is 5.10. The molecule has 0 radical (unpaired) electrons. The number of piperidine rings is 1. The molecule has 21 heavy (non-hydrogen) atoms. The lowest BCUT2D eigenvalue weighted by Gasteiger charge is -2.36. The van der Waals surface area contributed by atoms with Crippen LogP contribution >= 0.6 is 0 Å². The first kappa shape index (κ1) is 13.5. The molecule has 0 saturated carbocycles.